The van der Waals surface area contributed by atoms with Crippen LogP contribution in [0.25, 0.3) is 5.57 Å². The van der Waals surface area contributed by atoms with E-state index < -0.39 is 17.7 Å². The summed E-state index contributed by atoms with van der Waals surface area (Å²) >= 11 is 1.16. The molecule has 0 amide bonds. The van der Waals surface area contributed by atoms with Gasteiger partial charge in [0.15, 0.2) is 6.10 Å². The van der Waals surface area contributed by atoms with E-state index in [2.05, 4.69) is 42.6 Å². The molecule has 0 N–H and O–H groups in total. The van der Waals surface area contributed by atoms with E-state index in [1.54, 1.807) is 0 Å². The second kappa shape index (κ2) is 50.4. The molecule has 1 aliphatic heterocycles. The van der Waals surface area contributed by atoms with Crippen molar-refractivity contribution in [1.29, 1.82) is 0 Å². The monoisotopic (exact) mass is 1200 g/mol. The van der Waals surface area contributed by atoms with Crippen LogP contribution in [0.1, 0.15) is 330 Å². The maximum atomic E-state index is 13.3. The molecule has 2 rings (SSSR count). The first-order valence-corrected chi connectivity index (χ1v) is 35.3. The second-order valence-corrected chi connectivity index (χ2v) is 26.1. The van der Waals surface area contributed by atoms with Crippen LogP contribution in [0, 0.1) is 5.41 Å². The highest BCUT2D eigenvalue weighted by Gasteiger charge is 2.38. The van der Waals surface area contributed by atoms with Crippen molar-refractivity contribution in [3.63, 3.8) is 0 Å². The Morgan fingerprint density at radius 2 is 0.881 bits per heavy atom. The van der Waals surface area contributed by atoms with Crippen molar-refractivity contribution >= 4 is 47.1 Å². The van der Waals surface area contributed by atoms with Crippen LogP contribution in [-0.2, 0) is 47.7 Å². The van der Waals surface area contributed by atoms with Crippen molar-refractivity contribution in [2.75, 3.05) is 46.6 Å². The Balaban J connectivity index is 1.63. The number of rotatable bonds is 57. The smallest absolute Gasteiger partial charge is 0.310 e. The van der Waals surface area contributed by atoms with Crippen molar-refractivity contribution in [1.82, 2.24) is 8.75 Å². The Morgan fingerprint density at radius 3 is 1.35 bits per heavy atom. The van der Waals surface area contributed by atoms with Crippen LogP contribution in [0.5, 0.6) is 5.88 Å². The highest BCUT2D eigenvalue weighted by Crippen LogP contribution is 2.33. The topological polar surface area (TPSA) is 167 Å². The molecule has 0 spiro atoms. The first kappa shape index (κ1) is 76.5. The first-order chi connectivity index (χ1) is 40.7. The number of ether oxygens (including phenoxy) is 6. The Kier molecular flexibility index (Phi) is 45.9. The quantitative estimate of drug-likeness (QED) is 0.0262. The summed E-state index contributed by atoms with van der Waals surface area (Å²) in [5.41, 5.74) is 1.23. The fraction of sp³-hybridized carbons (Fsp3) is 0.870. The summed E-state index contributed by atoms with van der Waals surface area (Å²) in [5, 5.41) is 0. The molecule has 15 heteroatoms. The van der Waals surface area contributed by atoms with Crippen LogP contribution in [0.15, 0.2) is 6.08 Å². The van der Waals surface area contributed by atoms with Crippen LogP contribution in [-0.4, -0.2) is 102 Å². The van der Waals surface area contributed by atoms with Crippen LogP contribution >= 0.6 is 11.7 Å². The van der Waals surface area contributed by atoms with Crippen LogP contribution < -0.4 is 4.74 Å². The maximum absolute atomic E-state index is 13.3. The van der Waals surface area contributed by atoms with Crippen LogP contribution in [0.3, 0.4) is 0 Å². The van der Waals surface area contributed by atoms with Gasteiger partial charge in [-0.1, -0.05) is 253 Å². The molecule has 0 fully saturated rings. The number of nitrogens with zero attached hydrogens (tertiary/aromatic N) is 3. The molecule has 0 aliphatic carbocycles. The van der Waals surface area contributed by atoms with Gasteiger partial charge in [-0.2, -0.15) is 4.37 Å². The minimum absolute atomic E-state index is 0.107. The summed E-state index contributed by atoms with van der Waals surface area (Å²) in [6, 6.07) is 0. The minimum Gasteiger partial charge on any atom is -0.475 e. The van der Waals surface area contributed by atoms with Crippen molar-refractivity contribution < 1.29 is 56.9 Å². The Labute approximate surface area is 516 Å². The van der Waals surface area contributed by atoms with Gasteiger partial charge >= 0.3 is 29.8 Å². The van der Waals surface area contributed by atoms with Gasteiger partial charge in [0.05, 0.1) is 51.4 Å². The summed E-state index contributed by atoms with van der Waals surface area (Å²) in [7, 11) is 2.10. The lowest BCUT2D eigenvalue weighted by molar-refractivity contribution is -0.944. The van der Waals surface area contributed by atoms with Gasteiger partial charge in [-0.05, 0) is 37.5 Å². The second-order valence-electron chi connectivity index (χ2n) is 25.6. The van der Waals surface area contributed by atoms with E-state index >= 15 is 0 Å². The number of esters is 5. The van der Waals surface area contributed by atoms with Gasteiger partial charge in [-0.25, -0.2) is 0 Å². The number of carbonyl (C=O) groups excluding carboxylic acids is 5. The zero-order valence-electron chi connectivity index (χ0n) is 54.8. The molecular weight excluding hydrogens is 1080 g/mol. The predicted molar refractivity (Wildman–Crippen MR) is 342 cm³/mol. The van der Waals surface area contributed by atoms with E-state index in [0.717, 1.165) is 132 Å². The normalized spacial score (nSPS) is 14.7. The van der Waals surface area contributed by atoms with E-state index in [-0.39, 0.29) is 62.3 Å². The molecule has 14 nitrogen and oxygen atoms in total. The lowest BCUT2D eigenvalue weighted by atomic mass is 9.86. The number of hydrogen-bond donors (Lipinski definition) is 0. The Morgan fingerprint density at radius 1 is 0.488 bits per heavy atom. The van der Waals surface area contributed by atoms with Gasteiger partial charge < -0.3 is 28.4 Å². The number of carbonyl (C=O) groups is 5. The summed E-state index contributed by atoms with van der Waals surface area (Å²) < 4.78 is 44.1. The van der Waals surface area contributed by atoms with Gasteiger partial charge in [0.25, 0.3) is 5.88 Å². The molecule has 0 bridgehead atoms. The van der Waals surface area contributed by atoms with Gasteiger partial charge in [0.2, 0.25) is 6.23 Å². The van der Waals surface area contributed by atoms with E-state index in [1.807, 2.05) is 20.8 Å². The van der Waals surface area contributed by atoms with Gasteiger partial charge in [-0.3, -0.25) is 28.5 Å². The predicted octanol–water partition coefficient (Wildman–Crippen LogP) is 18.4. The van der Waals surface area contributed by atoms with E-state index in [4.69, 9.17) is 28.4 Å². The molecule has 0 saturated heterocycles. The van der Waals surface area contributed by atoms with Gasteiger partial charge in [0, 0.05) is 38.2 Å². The number of likely N-dealkylation sites (N-methyl/N-ethyl adjacent to an activating group) is 1. The third kappa shape index (κ3) is 40.7. The number of hydrogen-bond acceptors (Lipinski definition) is 14. The number of quaternary nitrogens is 1. The molecule has 0 radical (unpaired) electrons. The molecular formula is C69H124N3O11S+. The zero-order valence-corrected chi connectivity index (χ0v) is 55.6. The molecule has 84 heavy (non-hydrogen) atoms. The van der Waals surface area contributed by atoms with Crippen molar-refractivity contribution in [3.05, 3.63) is 11.8 Å². The van der Waals surface area contributed by atoms with Crippen molar-refractivity contribution in [2.45, 2.75) is 336 Å². The molecule has 1 unspecified atom stereocenters. The maximum Gasteiger partial charge on any atom is 0.310 e. The van der Waals surface area contributed by atoms with Crippen LogP contribution in [0.2, 0.25) is 0 Å². The summed E-state index contributed by atoms with van der Waals surface area (Å²) in [6.07, 6.45) is 46.9. The third-order valence-electron chi connectivity index (χ3n) is 16.7. The fourth-order valence-corrected chi connectivity index (χ4v) is 11.6. The molecule has 1 aromatic rings. The Hall–Kier alpha value is -3.59. The molecule has 2 heterocycles. The molecule has 0 saturated carbocycles. The minimum atomic E-state index is -0.830. The van der Waals surface area contributed by atoms with Crippen molar-refractivity contribution in [3.8, 4) is 5.88 Å². The summed E-state index contributed by atoms with van der Waals surface area (Å²) in [4.78, 5) is 64.5. The third-order valence-corrected chi connectivity index (χ3v) is 17.2. The van der Waals surface area contributed by atoms with Gasteiger partial charge in [-0.15, -0.1) is 4.37 Å². The largest absolute Gasteiger partial charge is 0.475 e. The Bertz CT molecular complexity index is 1830. The molecule has 486 valence electrons. The first-order valence-electron chi connectivity index (χ1n) is 34.6. The highest BCUT2D eigenvalue weighted by atomic mass is 32.1. The van der Waals surface area contributed by atoms with Crippen LogP contribution in [0.4, 0.5) is 0 Å². The SMILES string of the molecule is CCCCCCCCCCCCCCCC(=O)OCC(COC(=O)CCCCCCCCCCCCCCC)OC(=O)CCCCCCCCCCOC(=O)CC(C)(C)CC(=O)O[C@H](C)[N+]1(C)CCC=C(c2nsnc2OCCCCCC)C1. The standard InChI is InChI=1S/C69H124N3O11S/c1-8-11-14-17-19-21-23-25-27-29-33-37-41-48-62(73)80-57-61(58-81-63(74)49-42-38-34-30-28-26-24-22-20-18-15-12-9-2)83-64(75)50-43-39-35-31-32-36-40-45-52-78-65(76)54-69(5,6)55-66(77)82-59(4)72(7)51-46-47-60(56-72)67-68(71-84-70-67)79-53-44-16-13-10-3/h47,59,61H,8-46,48-58H2,1-7H3/q+1/t59-,72?/m1/s1. The van der Waals surface area contributed by atoms with Crippen molar-refractivity contribution in [2.24, 2.45) is 5.41 Å². The van der Waals surface area contributed by atoms with E-state index in [9.17, 15) is 24.0 Å². The molecule has 1 aromatic heterocycles. The summed E-state index contributed by atoms with van der Waals surface area (Å²) in [5.74, 6) is -1.04. The average molecular weight is 1200 g/mol. The average Bonchev–Trinajstić information content (AvgIpc) is 2.86. The van der Waals surface area contributed by atoms with E-state index in [1.165, 1.54) is 141 Å². The molecule has 0 aromatic carbocycles. The summed E-state index contributed by atoms with van der Waals surface area (Å²) in [6.45, 7) is 14.6. The number of unbranched alkanes of at least 4 members (excludes halogenated alkanes) is 34. The number of aromatic nitrogens is 2. The highest BCUT2D eigenvalue weighted by molar-refractivity contribution is 6.99. The molecule has 1 aliphatic rings. The lowest BCUT2D eigenvalue weighted by Crippen LogP contribution is -2.55. The zero-order chi connectivity index (χ0) is 61.2. The van der Waals surface area contributed by atoms with Gasteiger partial charge in [0.1, 0.15) is 25.5 Å². The lowest BCUT2D eigenvalue weighted by Gasteiger charge is -2.41. The van der Waals surface area contributed by atoms with E-state index in [0.29, 0.717) is 49.4 Å². The fourth-order valence-electron chi connectivity index (χ4n) is 11.0. The molecule has 2 atom stereocenters.